The first-order valence-corrected chi connectivity index (χ1v) is 9.95. The molecule has 0 unspecified atom stereocenters. The van der Waals surface area contributed by atoms with Crippen LogP contribution in [0.2, 0.25) is 0 Å². The van der Waals surface area contributed by atoms with Gasteiger partial charge in [0.2, 0.25) is 0 Å². The normalized spacial score (nSPS) is 19.8. The summed E-state index contributed by atoms with van der Waals surface area (Å²) in [7, 11) is 0. The van der Waals surface area contributed by atoms with Crippen LogP contribution in [0, 0.1) is 0 Å². The third-order valence-corrected chi connectivity index (χ3v) is 5.47. The van der Waals surface area contributed by atoms with Crippen molar-refractivity contribution in [2.45, 2.75) is 38.3 Å². The van der Waals surface area contributed by atoms with E-state index in [1.54, 1.807) is 25.4 Å². The lowest BCUT2D eigenvalue weighted by atomic mass is 10.1. The fourth-order valence-corrected chi connectivity index (χ4v) is 4.08. The number of nitrogens with zero attached hydrogens (tertiary/aromatic N) is 3. The summed E-state index contributed by atoms with van der Waals surface area (Å²) in [6.45, 7) is 4.29. The lowest BCUT2D eigenvalue weighted by Gasteiger charge is -2.23. The van der Waals surface area contributed by atoms with Gasteiger partial charge in [-0.3, -0.25) is 9.88 Å². The summed E-state index contributed by atoms with van der Waals surface area (Å²) in [5, 5.41) is 3.50. The van der Waals surface area contributed by atoms with Crippen LogP contribution in [0.1, 0.15) is 30.2 Å². The summed E-state index contributed by atoms with van der Waals surface area (Å²) in [4.78, 5) is 22.7. The lowest BCUT2D eigenvalue weighted by Crippen LogP contribution is -2.35. The molecule has 1 aliphatic heterocycles. The van der Waals surface area contributed by atoms with Crippen molar-refractivity contribution in [3.05, 3.63) is 59.6 Å². The third-order valence-electron chi connectivity index (χ3n) is 5.47. The maximum absolute atomic E-state index is 11.4. The lowest BCUT2D eigenvalue weighted by molar-refractivity contribution is -0.137. The number of hydrogen-bond donors (Lipinski definition) is 1. The highest BCUT2D eigenvalue weighted by Crippen LogP contribution is 2.28. The van der Waals surface area contributed by atoms with Crippen LogP contribution in [-0.2, 0) is 22.4 Å². The molecule has 1 saturated heterocycles. The molecule has 2 aromatic rings. The molecular weight excluding hydrogens is 352 g/mol. The van der Waals surface area contributed by atoms with E-state index in [0.717, 1.165) is 38.2 Å². The minimum Gasteiger partial charge on any atom is -0.463 e. The number of benzene rings is 1. The van der Waals surface area contributed by atoms with Crippen LogP contribution in [0.15, 0.2) is 42.7 Å². The molecule has 1 aromatic heterocycles. The molecule has 6 nitrogen and oxygen atoms in total. The number of rotatable bonds is 6. The van der Waals surface area contributed by atoms with E-state index in [1.165, 1.54) is 17.2 Å². The molecule has 2 aliphatic rings. The number of hydrogen-bond acceptors (Lipinski definition) is 6. The largest absolute Gasteiger partial charge is 0.463 e. The van der Waals surface area contributed by atoms with Gasteiger partial charge in [-0.2, -0.15) is 0 Å². The molecule has 1 aliphatic carbocycles. The van der Waals surface area contributed by atoms with Crippen molar-refractivity contribution in [1.29, 1.82) is 0 Å². The molecule has 28 heavy (non-hydrogen) atoms. The van der Waals surface area contributed by atoms with Crippen LogP contribution < -0.4 is 5.32 Å². The van der Waals surface area contributed by atoms with E-state index >= 15 is 0 Å². The Kier molecular flexibility index (Phi) is 5.67. The Morgan fingerprint density at radius 3 is 2.71 bits per heavy atom. The maximum atomic E-state index is 11.4. The molecule has 1 aromatic carbocycles. The second-order valence-corrected chi connectivity index (χ2v) is 7.37. The first-order chi connectivity index (χ1) is 13.7. The van der Waals surface area contributed by atoms with Gasteiger partial charge in [0.25, 0.3) is 0 Å². The van der Waals surface area contributed by atoms with Gasteiger partial charge in [0.1, 0.15) is 5.82 Å². The standard InChI is InChI=1S/C22H26N4O2/c1-2-28-22(27)8-7-18-13-24-21(14-23-18)25-19-9-10-26(15-19)20-11-16-5-3-4-6-17(16)12-20/h3-8,13-14,19-20H,2,9-12,15H2,1H3,(H,24,25)/t19-/m1/s1. The second kappa shape index (κ2) is 8.52. The average molecular weight is 378 g/mol. The molecule has 1 N–H and O–H groups in total. The number of likely N-dealkylation sites (tertiary alicyclic amines) is 1. The van der Waals surface area contributed by atoms with Crippen molar-refractivity contribution in [3.63, 3.8) is 0 Å². The van der Waals surface area contributed by atoms with Gasteiger partial charge in [0.05, 0.1) is 24.7 Å². The summed E-state index contributed by atoms with van der Waals surface area (Å²) in [5.41, 5.74) is 3.64. The molecule has 0 spiro atoms. The predicted molar refractivity (Wildman–Crippen MR) is 109 cm³/mol. The fraction of sp³-hybridized carbons (Fsp3) is 0.409. The number of fused-ring (bicyclic) bond motifs is 1. The number of anilines is 1. The van der Waals surface area contributed by atoms with Crippen molar-refractivity contribution < 1.29 is 9.53 Å². The zero-order valence-corrected chi connectivity index (χ0v) is 16.2. The molecule has 6 heteroatoms. The summed E-state index contributed by atoms with van der Waals surface area (Å²) in [6.07, 6.45) is 9.80. The molecule has 2 heterocycles. The van der Waals surface area contributed by atoms with Crippen molar-refractivity contribution in [3.8, 4) is 0 Å². The molecule has 4 rings (SSSR count). The molecule has 0 saturated carbocycles. The monoisotopic (exact) mass is 378 g/mol. The van der Waals surface area contributed by atoms with Gasteiger partial charge in [0.15, 0.2) is 0 Å². The van der Waals surface area contributed by atoms with Gasteiger partial charge < -0.3 is 10.1 Å². The Morgan fingerprint density at radius 2 is 2.04 bits per heavy atom. The van der Waals surface area contributed by atoms with Gasteiger partial charge in [-0.05, 0) is 43.4 Å². The van der Waals surface area contributed by atoms with Gasteiger partial charge >= 0.3 is 5.97 Å². The van der Waals surface area contributed by atoms with E-state index in [2.05, 4.69) is 44.5 Å². The Morgan fingerprint density at radius 1 is 1.25 bits per heavy atom. The van der Waals surface area contributed by atoms with E-state index in [4.69, 9.17) is 4.74 Å². The Hall–Kier alpha value is -2.73. The highest BCUT2D eigenvalue weighted by atomic mass is 16.5. The van der Waals surface area contributed by atoms with Crippen LogP contribution in [0.25, 0.3) is 6.08 Å². The molecule has 1 fully saturated rings. The van der Waals surface area contributed by atoms with Crippen LogP contribution in [0.5, 0.6) is 0 Å². The summed E-state index contributed by atoms with van der Waals surface area (Å²) >= 11 is 0. The minimum absolute atomic E-state index is 0.364. The van der Waals surface area contributed by atoms with Crippen molar-refractivity contribution in [2.24, 2.45) is 0 Å². The van der Waals surface area contributed by atoms with E-state index < -0.39 is 0 Å². The van der Waals surface area contributed by atoms with E-state index in [0.29, 0.717) is 24.4 Å². The highest BCUT2D eigenvalue weighted by molar-refractivity contribution is 5.86. The zero-order valence-electron chi connectivity index (χ0n) is 16.2. The summed E-state index contributed by atoms with van der Waals surface area (Å²) in [5.74, 6) is 0.404. The summed E-state index contributed by atoms with van der Waals surface area (Å²) < 4.78 is 4.86. The van der Waals surface area contributed by atoms with Crippen LogP contribution in [-0.4, -0.2) is 52.6 Å². The Labute approximate surface area is 165 Å². The van der Waals surface area contributed by atoms with E-state index in [-0.39, 0.29) is 5.97 Å². The first-order valence-electron chi connectivity index (χ1n) is 9.95. The number of carbonyl (C=O) groups excluding carboxylic acids is 1. The van der Waals surface area contributed by atoms with Crippen molar-refractivity contribution in [2.75, 3.05) is 25.0 Å². The quantitative estimate of drug-likeness (QED) is 0.616. The third kappa shape index (κ3) is 4.39. The van der Waals surface area contributed by atoms with Crippen molar-refractivity contribution in [1.82, 2.24) is 14.9 Å². The number of ether oxygens (including phenoxy) is 1. The average Bonchev–Trinajstić information content (AvgIpc) is 3.34. The zero-order chi connectivity index (χ0) is 19.3. The topological polar surface area (TPSA) is 67.3 Å². The Bertz CT molecular complexity index is 825. The predicted octanol–water partition coefficient (Wildman–Crippen LogP) is 2.71. The fourth-order valence-electron chi connectivity index (χ4n) is 4.08. The molecule has 0 radical (unpaired) electrons. The van der Waals surface area contributed by atoms with E-state index in [9.17, 15) is 4.79 Å². The molecule has 1 atom stereocenters. The molecule has 146 valence electrons. The van der Waals surface area contributed by atoms with Gasteiger partial charge in [-0.25, -0.2) is 9.78 Å². The maximum Gasteiger partial charge on any atom is 0.330 e. The smallest absolute Gasteiger partial charge is 0.330 e. The molecular formula is C22H26N4O2. The Balaban J connectivity index is 1.28. The SMILES string of the molecule is CCOC(=O)C=Cc1cnc(N[C@@H]2CCN(C3Cc4ccccc4C3)C2)cn1. The van der Waals surface area contributed by atoms with Crippen molar-refractivity contribution >= 4 is 17.9 Å². The number of nitrogens with one attached hydrogen (secondary N) is 1. The van der Waals surface area contributed by atoms with Crippen LogP contribution in [0.3, 0.4) is 0 Å². The molecule has 0 bridgehead atoms. The van der Waals surface area contributed by atoms with Crippen LogP contribution >= 0.6 is 0 Å². The second-order valence-electron chi connectivity index (χ2n) is 7.37. The first kappa shape index (κ1) is 18.6. The van der Waals surface area contributed by atoms with Gasteiger partial charge in [-0.15, -0.1) is 0 Å². The molecule has 0 amide bonds. The highest BCUT2D eigenvalue weighted by Gasteiger charge is 2.32. The summed E-state index contributed by atoms with van der Waals surface area (Å²) in [6, 6.07) is 9.80. The van der Waals surface area contributed by atoms with Gasteiger partial charge in [-0.1, -0.05) is 24.3 Å². The van der Waals surface area contributed by atoms with Gasteiger partial charge in [0, 0.05) is 31.2 Å². The number of aromatic nitrogens is 2. The minimum atomic E-state index is -0.369. The number of carbonyl (C=O) groups is 1. The van der Waals surface area contributed by atoms with Crippen LogP contribution in [0.4, 0.5) is 5.82 Å². The number of esters is 1. The van der Waals surface area contributed by atoms with E-state index in [1.807, 2.05) is 0 Å².